The summed E-state index contributed by atoms with van der Waals surface area (Å²) in [7, 11) is 0. The molecule has 0 unspecified atom stereocenters. The van der Waals surface area contributed by atoms with E-state index in [9.17, 15) is 9.59 Å². The van der Waals surface area contributed by atoms with Gasteiger partial charge in [-0.2, -0.15) is 0 Å². The fourth-order valence-electron chi connectivity index (χ4n) is 2.57. The second-order valence-corrected chi connectivity index (χ2v) is 5.41. The smallest absolute Gasteiger partial charge is 0.305 e. The van der Waals surface area contributed by atoms with E-state index in [4.69, 9.17) is 9.63 Å². The third kappa shape index (κ3) is 3.44. The molecule has 1 amide bonds. The maximum absolute atomic E-state index is 12.3. The molecule has 0 fully saturated rings. The summed E-state index contributed by atoms with van der Waals surface area (Å²) >= 11 is 0. The van der Waals surface area contributed by atoms with Crippen LogP contribution in [0.5, 0.6) is 0 Å². The first-order valence-corrected chi connectivity index (χ1v) is 7.36. The Kier molecular flexibility index (Phi) is 4.80. The van der Waals surface area contributed by atoms with Crippen LogP contribution in [0.1, 0.15) is 38.8 Å². The summed E-state index contributed by atoms with van der Waals surface area (Å²) in [6.07, 6.45) is 1.09. The summed E-state index contributed by atoms with van der Waals surface area (Å²) in [6.45, 7) is 3.75. The quantitative estimate of drug-likeness (QED) is 0.820. The van der Waals surface area contributed by atoms with Crippen LogP contribution in [-0.2, 0) is 16.0 Å². The van der Waals surface area contributed by atoms with Gasteiger partial charge in [0.25, 0.3) is 0 Å². The lowest BCUT2D eigenvalue weighted by Gasteiger charge is -2.31. The number of carboxylic acid groups (broad SMARTS) is 1. The molecule has 2 rings (SSSR count). The van der Waals surface area contributed by atoms with E-state index < -0.39 is 11.5 Å². The van der Waals surface area contributed by atoms with Gasteiger partial charge in [-0.3, -0.25) is 9.59 Å². The van der Waals surface area contributed by atoms with Gasteiger partial charge in [0.1, 0.15) is 5.69 Å². The number of carboxylic acids is 1. The van der Waals surface area contributed by atoms with E-state index in [0.29, 0.717) is 24.1 Å². The highest BCUT2D eigenvalue weighted by atomic mass is 16.5. The molecule has 0 aliphatic heterocycles. The molecule has 22 heavy (non-hydrogen) atoms. The van der Waals surface area contributed by atoms with E-state index in [1.807, 2.05) is 32.0 Å². The number of hydrogen-bond acceptors (Lipinski definition) is 4. The van der Waals surface area contributed by atoms with Crippen molar-refractivity contribution >= 4 is 22.8 Å². The molecule has 0 spiro atoms. The summed E-state index contributed by atoms with van der Waals surface area (Å²) in [4.78, 5) is 23.3. The Labute approximate surface area is 128 Å². The number of nitrogens with one attached hydrogen (secondary N) is 1. The van der Waals surface area contributed by atoms with Crippen LogP contribution in [-0.4, -0.2) is 27.7 Å². The van der Waals surface area contributed by atoms with Crippen molar-refractivity contribution in [3.8, 4) is 0 Å². The summed E-state index contributed by atoms with van der Waals surface area (Å²) in [5.74, 6) is -1.17. The number of carbonyl (C=O) groups is 2. The predicted molar refractivity (Wildman–Crippen MR) is 81.4 cm³/mol. The van der Waals surface area contributed by atoms with E-state index >= 15 is 0 Å². The zero-order valence-electron chi connectivity index (χ0n) is 12.8. The zero-order valence-corrected chi connectivity index (χ0v) is 12.8. The molecular weight excluding hydrogens is 284 g/mol. The normalized spacial score (nSPS) is 11.5. The lowest BCUT2D eigenvalue weighted by Crippen LogP contribution is -2.49. The van der Waals surface area contributed by atoms with Gasteiger partial charge in [0, 0.05) is 10.9 Å². The molecule has 118 valence electrons. The fraction of sp³-hybridized carbons (Fsp3) is 0.438. The van der Waals surface area contributed by atoms with Gasteiger partial charge in [-0.15, -0.1) is 0 Å². The standard InChI is InChI=1S/C16H20N2O4/c1-3-16(4-2,10-15(20)21)17-14(19)9-12-11-7-5-6-8-13(11)22-18-12/h5-8H,3-4,9-10H2,1-2H3,(H,17,19)(H,20,21). The Bertz CT molecular complexity index is 674. The number of carbonyl (C=O) groups excluding carboxylic acids is 1. The highest BCUT2D eigenvalue weighted by Gasteiger charge is 2.31. The monoisotopic (exact) mass is 304 g/mol. The lowest BCUT2D eigenvalue weighted by molar-refractivity contribution is -0.139. The second-order valence-electron chi connectivity index (χ2n) is 5.41. The Morgan fingerprint density at radius 2 is 1.95 bits per heavy atom. The molecule has 2 N–H and O–H groups in total. The number of nitrogens with zero attached hydrogens (tertiary/aromatic N) is 1. The first-order valence-electron chi connectivity index (χ1n) is 7.36. The van der Waals surface area contributed by atoms with Crippen LogP contribution < -0.4 is 5.32 Å². The van der Waals surface area contributed by atoms with Crippen LogP contribution in [0.15, 0.2) is 28.8 Å². The zero-order chi connectivity index (χ0) is 16.2. The van der Waals surface area contributed by atoms with Crippen LogP contribution in [0.25, 0.3) is 11.0 Å². The maximum atomic E-state index is 12.3. The van der Waals surface area contributed by atoms with Crippen LogP contribution >= 0.6 is 0 Å². The van der Waals surface area contributed by atoms with Gasteiger partial charge in [0.05, 0.1) is 12.8 Å². The minimum absolute atomic E-state index is 0.0678. The number of rotatable bonds is 7. The minimum atomic E-state index is -0.920. The minimum Gasteiger partial charge on any atom is -0.481 e. The van der Waals surface area contributed by atoms with Crippen molar-refractivity contribution in [2.75, 3.05) is 0 Å². The van der Waals surface area contributed by atoms with Gasteiger partial charge < -0.3 is 14.9 Å². The van der Waals surface area contributed by atoms with Crippen molar-refractivity contribution in [3.05, 3.63) is 30.0 Å². The van der Waals surface area contributed by atoms with Crippen LogP contribution in [0.2, 0.25) is 0 Å². The third-order valence-corrected chi connectivity index (χ3v) is 4.03. The van der Waals surface area contributed by atoms with Crippen molar-refractivity contribution in [2.24, 2.45) is 0 Å². The molecule has 1 aromatic carbocycles. The van der Waals surface area contributed by atoms with Crippen molar-refractivity contribution in [2.45, 2.75) is 45.1 Å². The summed E-state index contributed by atoms with van der Waals surface area (Å²) in [5.41, 5.74) is 0.472. The van der Waals surface area contributed by atoms with Gasteiger partial charge in [0.2, 0.25) is 5.91 Å². The molecule has 1 aromatic heterocycles. The summed E-state index contributed by atoms with van der Waals surface area (Å²) < 4.78 is 5.17. The molecule has 0 aliphatic rings. The van der Waals surface area contributed by atoms with Crippen molar-refractivity contribution in [1.82, 2.24) is 10.5 Å². The van der Waals surface area contributed by atoms with E-state index in [2.05, 4.69) is 10.5 Å². The van der Waals surface area contributed by atoms with E-state index in [1.165, 1.54) is 0 Å². The van der Waals surface area contributed by atoms with Gasteiger partial charge in [0.15, 0.2) is 5.58 Å². The first kappa shape index (κ1) is 16.0. The van der Waals surface area contributed by atoms with Crippen molar-refractivity contribution in [3.63, 3.8) is 0 Å². The number of aliphatic carboxylic acids is 1. The summed E-state index contributed by atoms with van der Waals surface area (Å²) in [5, 5.41) is 16.6. The SMILES string of the molecule is CCC(CC)(CC(=O)O)NC(=O)Cc1noc2ccccc12. The van der Waals surface area contributed by atoms with E-state index in [0.717, 1.165) is 5.39 Å². The topological polar surface area (TPSA) is 92.4 Å². The number of aromatic nitrogens is 1. The molecule has 2 aromatic rings. The van der Waals surface area contributed by atoms with Crippen LogP contribution in [0.4, 0.5) is 0 Å². The highest BCUT2D eigenvalue weighted by molar-refractivity contribution is 5.86. The Balaban J connectivity index is 2.12. The molecule has 0 saturated carbocycles. The first-order chi connectivity index (χ1) is 10.5. The highest BCUT2D eigenvalue weighted by Crippen LogP contribution is 2.22. The van der Waals surface area contributed by atoms with Crippen molar-refractivity contribution < 1.29 is 19.2 Å². The maximum Gasteiger partial charge on any atom is 0.305 e. The fourth-order valence-corrected chi connectivity index (χ4v) is 2.57. The molecule has 0 aliphatic carbocycles. The Morgan fingerprint density at radius 3 is 2.59 bits per heavy atom. The molecule has 0 saturated heterocycles. The summed E-state index contributed by atoms with van der Waals surface area (Å²) in [6, 6.07) is 7.33. The van der Waals surface area contributed by atoms with Crippen molar-refractivity contribution in [1.29, 1.82) is 0 Å². The molecule has 6 heteroatoms. The predicted octanol–water partition coefficient (Wildman–Crippen LogP) is 2.52. The Hall–Kier alpha value is -2.37. The molecule has 0 atom stereocenters. The van der Waals surface area contributed by atoms with E-state index in [1.54, 1.807) is 6.07 Å². The number of fused-ring (bicyclic) bond motifs is 1. The molecular formula is C16H20N2O4. The second kappa shape index (κ2) is 6.60. The van der Waals surface area contributed by atoms with Gasteiger partial charge in [-0.25, -0.2) is 0 Å². The van der Waals surface area contributed by atoms with Gasteiger partial charge in [-0.1, -0.05) is 31.1 Å². The molecule has 0 radical (unpaired) electrons. The number of amides is 1. The average Bonchev–Trinajstić information content (AvgIpc) is 2.89. The van der Waals surface area contributed by atoms with Gasteiger partial charge >= 0.3 is 5.97 Å². The molecule has 0 bridgehead atoms. The van der Waals surface area contributed by atoms with Gasteiger partial charge in [-0.05, 0) is 25.0 Å². The number of benzene rings is 1. The largest absolute Gasteiger partial charge is 0.481 e. The lowest BCUT2D eigenvalue weighted by atomic mass is 9.88. The third-order valence-electron chi connectivity index (χ3n) is 4.03. The average molecular weight is 304 g/mol. The number of para-hydroxylation sites is 1. The Morgan fingerprint density at radius 1 is 1.27 bits per heavy atom. The van der Waals surface area contributed by atoms with Crippen LogP contribution in [0, 0.1) is 0 Å². The van der Waals surface area contributed by atoms with E-state index in [-0.39, 0.29) is 18.7 Å². The molecule has 1 heterocycles. The number of hydrogen-bond donors (Lipinski definition) is 2. The molecule has 6 nitrogen and oxygen atoms in total. The van der Waals surface area contributed by atoms with Crippen LogP contribution in [0.3, 0.4) is 0 Å².